The van der Waals surface area contributed by atoms with E-state index in [9.17, 15) is 14.4 Å². The number of imide groups is 2. The van der Waals surface area contributed by atoms with Gasteiger partial charge in [-0.1, -0.05) is 19.1 Å². The van der Waals surface area contributed by atoms with Gasteiger partial charge in [0.25, 0.3) is 0 Å². The van der Waals surface area contributed by atoms with Crippen molar-refractivity contribution in [2.24, 2.45) is 0 Å². The van der Waals surface area contributed by atoms with Crippen LogP contribution in [0.2, 0.25) is 0 Å². The molecule has 1 saturated heterocycles. The number of rotatable bonds is 2. The van der Waals surface area contributed by atoms with Crippen molar-refractivity contribution in [3.8, 4) is 0 Å². The fraction of sp³-hybridized carbons (Fsp3) is 0.182. The van der Waals surface area contributed by atoms with Gasteiger partial charge in [-0.25, -0.2) is 9.69 Å². The summed E-state index contributed by atoms with van der Waals surface area (Å²) in [5.74, 6) is -1.72. The van der Waals surface area contributed by atoms with Crippen molar-refractivity contribution in [2.75, 3.05) is 4.90 Å². The van der Waals surface area contributed by atoms with Crippen LogP contribution in [-0.4, -0.2) is 17.8 Å². The number of nitrogens with one attached hydrogen (secondary N) is 1. The molecule has 1 N–H and O–H groups in total. The van der Waals surface area contributed by atoms with Crippen molar-refractivity contribution in [1.29, 1.82) is 0 Å². The van der Waals surface area contributed by atoms with Gasteiger partial charge in [0.1, 0.15) is 0 Å². The zero-order chi connectivity index (χ0) is 11.7. The molecule has 0 aliphatic carbocycles. The highest BCUT2D eigenvalue weighted by Gasteiger charge is 2.37. The first kappa shape index (κ1) is 10.4. The number of urea groups is 1. The topological polar surface area (TPSA) is 66.5 Å². The molecule has 0 atom stereocenters. The molecule has 1 heterocycles. The van der Waals surface area contributed by atoms with Crippen LogP contribution in [0.25, 0.3) is 0 Å². The number of nitrogens with zero attached hydrogens (tertiary/aromatic N) is 1. The normalized spacial score (nSPS) is 15.6. The SMILES string of the molecule is CCc1ccc(N2C(=O)NC(=O)C2=O)cc1. The summed E-state index contributed by atoms with van der Waals surface area (Å²) < 4.78 is 0. The molecule has 0 bridgehead atoms. The molecule has 1 aromatic rings. The van der Waals surface area contributed by atoms with Crippen molar-refractivity contribution in [3.05, 3.63) is 29.8 Å². The molecule has 1 fully saturated rings. The Kier molecular flexibility index (Phi) is 2.44. The third-order valence-corrected chi connectivity index (χ3v) is 2.42. The fourth-order valence-corrected chi connectivity index (χ4v) is 1.52. The molecule has 5 heteroatoms. The van der Waals surface area contributed by atoms with Crippen LogP contribution in [-0.2, 0) is 16.0 Å². The zero-order valence-corrected chi connectivity index (χ0v) is 8.69. The highest BCUT2D eigenvalue weighted by atomic mass is 16.2. The van der Waals surface area contributed by atoms with E-state index in [0.717, 1.165) is 16.9 Å². The van der Waals surface area contributed by atoms with E-state index in [0.29, 0.717) is 5.69 Å². The molecule has 0 spiro atoms. The van der Waals surface area contributed by atoms with Crippen LogP contribution in [0.1, 0.15) is 12.5 Å². The summed E-state index contributed by atoms with van der Waals surface area (Å²) in [6.07, 6.45) is 0.874. The second kappa shape index (κ2) is 3.77. The first-order valence-corrected chi connectivity index (χ1v) is 4.92. The number of anilines is 1. The van der Waals surface area contributed by atoms with Crippen molar-refractivity contribution in [2.45, 2.75) is 13.3 Å². The summed E-state index contributed by atoms with van der Waals surface area (Å²) in [5.41, 5.74) is 1.51. The summed E-state index contributed by atoms with van der Waals surface area (Å²) in [5, 5.41) is 1.94. The second-order valence-electron chi connectivity index (χ2n) is 3.42. The third kappa shape index (κ3) is 1.56. The minimum Gasteiger partial charge on any atom is -0.269 e. The lowest BCUT2D eigenvalue weighted by atomic mass is 10.1. The van der Waals surface area contributed by atoms with Gasteiger partial charge in [-0.3, -0.25) is 14.9 Å². The predicted molar refractivity (Wildman–Crippen MR) is 56.8 cm³/mol. The number of carbonyl (C=O) groups is 3. The number of benzene rings is 1. The summed E-state index contributed by atoms with van der Waals surface area (Å²) in [7, 11) is 0. The fourth-order valence-electron chi connectivity index (χ4n) is 1.52. The number of carbonyl (C=O) groups excluding carboxylic acids is 3. The molecule has 2 rings (SSSR count). The van der Waals surface area contributed by atoms with Crippen LogP contribution in [0.15, 0.2) is 24.3 Å². The quantitative estimate of drug-likeness (QED) is 0.590. The van der Waals surface area contributed by atoms with Crippen LogP contribution in [0, 0.1) is 0 Å². The molecule has 1 aliphatic rings. The molecule has 0 unspecified atom stereocenters. The van der Waals surface area contributed by atoms with Gasteiger partial charge in [0, 0.05) is 0 Å². The Hall–Kier alpha value is -2.17. The lowest BCUT2D eigenvalue weighted by Crippen LogP contribution is -2.30. The monoisotopic (exact) mass is 218 g/mol. The Labute approximate surface area is 92.0 Å². The minimum atomic E-state index is -0.885. The first-order valence-electron chi connectivity index (χ1n) is 4.92. The number of hydrogen-bond acceptors (Lipinski definition) is 3. The molecule has 0 radical (unpaired) electrons. The van der Waals surface area contributed by atoms with Gasteiger partial charge in [0.15, 0.2) is 0 Å². The van der Waals surface area contributed by atoms with Gasteiger partial charge in [0.2, 0.25) is 0 Å². The molecule has 82 valence electrons. The zero-order valence-electron chi connectivity index (χ0n) is 8.69. The Bertz CT molecular complexity index is 465. The van der Waals surface area contributed by atoms with Gasteiger partial charge in [-0.05, 0) is 24.1 Å². The molecule has 16 heavy (non-hydrogen) atoms. The molecular weight excluding hydrogens is 208 g/mol. The Morgan fingerprint density at radius 2 is 1.75 bits per heavy atom. The summed E-state index contributed by atoms with van der Waals surface area (Å²) in [4.78, 5) is 34.5. The number of amides is 4. The Morgan fingerprint density at radius 3 is 2.19 bits per heavy atom. The highest BCUT2D eigenvalue weighted by molar-refractivity contribution is 6.53. The third-order valence-electron chi connectivity index (χ3n) is 2.42. The molecule has 4 amide bonds. The summed E-state index contributed by atoms with van der Waals surface area (Å²) in [6, 6.07) is 6.24. The number of hydrogen-bond donors (Lipinski definition) is 1. The van der Waals surface area contributed by atoms with E-state index in [-0.39, 0.29) is 0 Å². The molecule has 0 saturated carbocycles. The average Bonchev–Trinajstić information content (AvgIpc) is 2.54. The van der Waals surface area contributed by atoms with Crippen LogP contribution in [0.3, 0.4) is 0 Å². The molecule has 5 nitrogen and oxygen atoms in total. The van der Waals surface area contributed by atoms with E-state index in [1.807, 2.05) is 24.4 Å². The maximum Gasteiger partial charge on any atom is 0.336 e. The van der Waals surface area contributed by atoms with Gasteiger partial charge >= 0.3 is 17.8 Å². The largest absolute Gasteiger partial charge is 0.336 e. The summed E-state index contributed by atoms with van der Waals surface area (Å²) >= 11 is 0. The Balaban J connectivity index is 2.33. The maximum atomic E-state index is 11.4. The standard InChI is InChI=1S/C11H10N2O3/c1-2-7-3-5-8(6-4-7)13-10(15)9(14)12-11(13)16/h3-6H,2H2,1H3,(H,12,14,16). The van der Waals surface area contributed by atoms with E-state index in [4.69, 9.17) is 0 Å². The van der Waals surface area contributed by atoms with E-state index in [1.54, 1.807) is 12.1 Å². The van der Waals surface area contributed by atoms with E-state index >= 15 is 0 Å². The maximum absolute atomic E-state index is 11.4. The van der Waals surface area contributed by atoms with E-state index < -0.39 is 17.8 Å². The van der Waals surface area contributed by atoms with Crippen molar-refractivity contribution >= 4 is 23.5 Å². The highest BCUT2D eigenvalue weighted by Crippen LogP contribution is 2.18. The summed E-state index contributed by atoms with van der Waals surface area (Å²) in [6.45, 7) is 2.01. The second-order valence-corrected chi connectivity index (χ2v) is 3.42. The van der Waals surface area contributed by atoms with Crippen molar-refractivity contribution in [3.63, 3.8) is 0 Å². The molecule has 1 aliphatic heterocycles. The van der Waals surface area contributed by atoms with Gasteiger partial charge in [-0.2, -0.15) is 0 Å². The van der Waals surface area contributed by atoms with E-state index in [1.165, 1.54) is 0 Å². The van der Waals surface area contributed by atoms with Crippen LogP contribution < -0.4 is 10.2 Å². The molecular formula is C11H10N2O3. The predicted octanol–water partition coefficient (Wildman–Crippen LogP) is 0.832. The van der Waals surface area contributed by atoms with Crippen LogP contribution >= 0.6 is 0 Å². The van der Waals surface area contributed by atoms with Crippen molar-refractivity contribution in [1.82, 2.24) is 5.32 Å². The lowest BCUT2D eigenvalue weighted by Gasteiger charge is -2.11. The molecule has 1 aromatic carbocycles. The Morgan fingerprint density at radius 1 is 1.12 bits per heavy atom. The minimum absolute atomic E-state index is 0.408. The average molecular weight is 218 g/mol. The lowest BCUT2D eigenvalue weighted by molar-refractivity contribution is -0.134. The van der Waals surface area contributed by atoms with Crippen LogP contribution in [0.5, 0.6) is 0 Å². The van der Waals surface area contributed by atoms with Gasteiger partial charge in [-0.15, -0.1) is 0 Å². The first-order chi connectivity index (χ1) is 7.63. The number of aryl methyl sites for hydroxylation is 1. The smallest absolute Gasteiger partial charge is 0.269 e. The van der Waals surface area contributed by atoms with Gasteiger partial charge in [0.05, 0.1) is 5.69 Å². The van der Waals surface area contributed by atoms with Crippen molar-refractivity contribution < 1.29 is 14.4 Å². The van der Waals surface area contributed by atoms with Gasteiger partial charge < -0.3 is 0 Å². The van der Waals surface area contributed by atoms with E-state index in [2.05, 4.69) is 0 Å². The molecule has 0 aromatic heterocycles. The van der Waals surface area contributed by atoms with Crippen LogP contribution in [0.4, 0.5) is 10.5 Å².